The van der Waals surface area contributed by atoms with E-state index in [2.05, 4.69) is 5.32 Å². The van der Waals surface area contributed by atoms with Gasteiger partial charge in [0.15, 0.2) is 0 Å². The van der Waals surface area contributed by atoms with Crippen LogP contribution in [0.15, 0.2) is 59.6 Å². The maximum absolute atomic E-state index is 14.6. The zero-order chi connectivity index (χ0) is 23.8. The Morgan fingerprint density at radius 3 is 2.55 bits per heavy atom. The molecule has 174 valence electrons. The van der Waals surface area contributed by atoms with Crippen LogP contribution in [-0.2, 0) is 11.0 Å². The molecule has 0 aromatic heterocycles. The minimum absolute atomic E-state index is 0.0235. The number of hydrogen-bond acceptors (Lipinski definition) is 3. The van der Waals surface area contributed by atoms with E-state index < -0.39 is 35.5 Å². The topological polar surface area (TPSA) is 49.4 Å². The smallest absolute Gasteiger partial charge is 0.347 e. The molecule has 33 heavy (non-hydrogen) atoms. The number of halogens is 4. The molecule has 1 N–H and O–H groups in total. The highest BCUT2D eigenvalue weighted by Gasteiger charge is 2.39. The highest BCUT2D eigenvalue weighted by Crippen LogP contribution is 2.43. The minimum Gasteiger partial charge on any atom is -0.347 e. The highest BCUT2D eigenvalue weighted by molar-refractivity contribution is 7.98. The lowest BCUT2D eigenvalue weighted by atomic mass is 9.99. The molecule has 1 saturated carbocycles. The lowest BCUT2D eigenvalue weighted by Gasteiger charge is -2.27. The number of carbonyl (C=O) groups is 2. The Bertz CT molecular complexity index is 1100. The highest BCUT2D eigenvalue weighted by atomic mass is 32.2. The Morgan fingerprint density at radius 1 is 1.15 bits per heavy atom. The average molecular weight is 479 g/mol. The van der Waals surface area contributed by atoms with E-state index in [4.69, 9.17) is 0 Å². The average Bonchev–Trinajstić information content (AvgIpc) is 3.51. The maximum atomic E-state index is 14.6. The van der Waals surface area contributed by atoms with Crippen LogP contribution in [0.25, 0.3) is 0 Å². The molecule has 2 atom stereocenters. The first kappa shape index (κ1) is 23.4. The first-order chi connectivity index (χ1) is 15.7. The quantitative estimate of drug-likeness (QED) is 0.437. The summed E-state index contributed by atoms with van der Waals surface area (Å²) in [6.07, 6.45) is 2.29. The monoisotopic (exact) mass is 478 g/mol. The second-order valence-corrected chi connectivity index (χ2v) is 9.02. The van der Waals surface area contributed by atoms with Gasteiger partial charge in [-0.3, -0.25) is 9.59 Å². The van der Waals surface area contributed by atoms with Crippen LogP contribution in [0.3, 0.4) is 0 Å². The molecule has 2 aliphatic rings. The van der Waals surface area contributed by atoms with Gasteiger partial charge >= 0.3 is 6.18 Å². The Hall–Kier alpha value is -2.81. The molecule has 9 heteroatoms. The summed E-state index contributed by atoms with van der Waals surface area (Å²) < 4.78 is 53.3. The molecule has 0 radical (unpaired) electrons. The number of alkyl halides is 3. The molecule has 1 heterocycles. The number of thioether (sulfide) groups is 1. The molecule has 0 spiro atoms. The van der Waals surface area contributed by atoms with E-state index in [-0.39, 0.29) is 17.4 Å². The Morgan fingerprint density at radius 2 is 1.91 bits per heavy atom. The largest absolute Gasteiger partial charge is 0.416 e. The van der Waals surface area contributed by atoms with Crippen LogP contribution in [0, 0.1) is 11.7 Å². The van der Waals surface area contributed by atoms with Crippen molar-refractivity contribution in [1.82, 2.24) is 10.2 Å². The van der Waals surface area contributed by atoms with Gasteiger partial charge in [0.1, 0.15) is 11.9 Å². The van der Waals surface area contributed by atoms with Crippen molar-refractivity contribution in [3.8, 4) is 0 Å². The lowest BCUT2D eigenvalue weighted by molar-refractivity contribution is -0.137. The molecule has 2 amide bonds. The van der Waals surface area contributed by atoms with E-state index in [0.717, 1.165) is 29.9 Å². The molecule has 4 nitrogen and oxygen atoms in total. The van der Waals surface area contributed by atoms with Crippen molar-refractivity contribution in [2.75, 3.05) is 6.26 Å². The third kappa shape index (κ3) is 5.08. The second kappa shape index (κ2) is 9.21. The van der Waals surface area contributed by atoms with Crippen LogP contribution in [0.4, 0.5) is 17.6 Å². The van der Waals surface area contributed by atoms with Gasteiger partial charge in [-0.2, -0.15) is 13.2 Å². The van der Waals surface area contributed by atoms with Crippen LogP contribution in [-0.4, -0.2) is 29.0 Å². The SMILES string of the molecule is CSc1cccc(C(=O)N2C=CC[C@@H]2C(=O)NC(c2ccc(C(F)(F)F)cc2F)C2CC2)c1. The fourth-order valence-electron chi connectivity index (χ4n) is 3.95. The van der Waals surface area contributed by atoms with E-state index in [0.29, 0.717) is 18.1 Å². The molecule has 0 saturated heterocycles. The first-order valence-corrected chi connectivity index (χ1v) is 11.7. The summed E-state index contributed by atoms with van der Waals surface area (Å²) in [6, 6.07) is 7.88. The normalized spacial score (nSPS) is 18.9. The van der Waals surface area contributed by atoms with Crippen LogP contribution in [0.2, 0.25) is 0 Å². The summed E-state index contributed by atoms with van der Waals surface area (Å²) in [5, 5.41) is 2.80. The molecule has 1 aliphatic carbocycles. The first-order valence-electron chi connectivity index (χ1n) is 10.5. The Kier molecular flexibility index (Phi) is 6.52. The molecular weight excluding hydrogens is 456 g/mol. The molecule has 2 aromatic carbocycles. The van der Waals surface area contributed by atoms with Crippen LogP contribution in [0.1, 0.15) is 46.8 Å². The minimum atomic E-state index is -4.65. The van der Waals surface area contributed by atoms with Crippen molar-refractivity contribution >= 4 is 23.6 Å². The van der Waals surface area contributed by atoms with Crippen molar-refractivity contribution in [3.05, 3.63) is 77.2 Å². The van der Waals surface area contributed by atoms with Crippen molar-refractivity contribution in [1.29, 1.82) is 0 Å². The fraction of sp³-hybridized carbons (Fsp3) is 0.333. The van der Waals surface area contributed by atoms with Crippen LogP contribution in [0.5, 0.6) is 0 Å². The van der Waals surface area contributed by atoms with Gasteiger partial charge in [0.25, 0.3) is 5.91 Å². The summed E-state index contributed by atoms with van der Waals surface area (Å²) in [7, 11) is 0. The van der Waals surface area contributed by atoms with Crippen molar-refractivity contribution in [2.24, 2.45) is 5.92 Å². The number of carbonyl (C=O) groups excluding carboxylic acids is 2. The number of nitrogens with one attached hydrogen (secondary N) is 1. The van der Waals surface area contributed by atoms with E-state index in [9.17, 15) is 27.2 Å². The summed E-state index contributed by atoms with van der Waals surface area (Å²) in [6.45, 7) is 0. The number of amides is 2. The van der Waals surface area contributed by atoms with Gasteiger partial charge in [0.05, 0.1) is 11.6 Å². The molecule has 1 aliphatic heterocycles. The second-order valence-electron chi connectivity index (χ2n) is 8.14. The Labute approximate surface area is 193 Å². The van der Waals surface area contributed by atoms with Gasteiger partial charge in [0, 0.05) is 22.2 Å². The number of nitrogens with zero attached hydrogens (tertiary/aromatic N) is 1. The molecular formula is C24H22F4N2O2S. The van der Waals surface area contributed by atoms with Gasteiger partial charge in [-0.1, -0.05) is 18.2 Å². The summed E-state index contributed by atoms with van der Waals surface area (Å²) >= 11 is 1.50. The van der Waals surface area contributed by atoms with Crippen LogP contribution >= 0.6 is 11.8 Å². The summed E-state index contributed by atoms with van der Waals surface area (Å²) in [5.41, 5.74) is -0.608. The number of benzene rings is 2. The Balaban J connectivity index is 1.53. The van der Waals surface area contributed by atoms with E-state index in [1.807, 2.05) is 12.3 Å². The summed E-state index contributed by atoms with van der Waals surface area (Å²) in [4.78, 5) is 28.4. The zero-order valence-electron chi connectivity index (χ0n) is 17.7. The summed E-state index contributed by atoms with van der Waals surface area (Å²) in [5.74, 6) is -1.86. The zero-order valence-corrected chi connectivity index (χ0v) is 18.5. The third-order valence-corrected chi connectivity index (χ3v) is 6.59. The standard InChI is InChI=1S/C24H22F4N2O2S/c1-33-17-5-2-4-15(12-17)23(32)30-11-3-6-20(30)22(31)29-21(14-7-8-14)18-10-9-16(13-19(18)25)24(26,27)28/h2-5,9-14,20-21H,6-8H2,1H3,(H,29,31)/t20-,21?/m1/s1. The van der Waals surface area contributed by atoms with Gasteiger partial charge in [-0.05, 0) is 61.8 Å². The molecule has 1 fully saturated rings. The van der Waals surface area contributed by atoms with Crippen molar-refractivity contribution in [3.63, 3.8) is 0 Å². The van der Waals surface area contributed by atoms with E-state index in [1.165, 1.54) is 16.7 Å². The number of hydrogen-bond donors (Lipinski definition) is 1. The predicted octanol–water partition coefficient (Wildman–Crippen LogP) is 5.56. The van der Waals surface area contributed by atoms with E-state index >= 15 is 0 Å². The van der Waals surface area contributed by atoms with Crippen LogP contribution < -0.4 is 5.32 Å². The van der Waals surface area contributed by atoms with Crippen molar-refractivity contribution in [2.45, 2.75) is 42.4 Å². The maximum Gasteiger partial charge on any atom is 0.416 e. The molecule has 2 aromatic rings. The van der Waals surface area contributed by atoms with Gasteiger partial charge in [0.2, 0.25) is 5.91 Å². The predicted molar refractivity (Wildman–Crippen MR) is 117 cm³/mol. The van der Waals surface area contributed by atoms with Gasteiger partial charge in [-0.25, -0.2) is 4.39 Å². The van der Waals surface area contributed by atoms with E-state index in [1.54, 1.807) is 30.5 Å². The molecule has 1 unspecified atom stereocenters. The molecule has 4 rings (SSSR count). The lowest BCUT2D eigenvalue weighted by Crippen LogP contribution is -2.46. The molecule has 0 bridgehead atoms. The fourth-order valence-corrected chi connectivity index (χ4v) is 4.41. The third-order valence-electron chi connectivity index (χ3n) is 5.87. The number of rotatable bonds is 6. The van der Waals surface area contributed by atoms with Gasteiger partial charge < -0.3 is 10.2 Å². The van der Waals surface area contributed by atoms with Crippen molar-refractivity contribution < 1.29 is 27.2 Å². The van der Waals surface area contributed by atoms with Gasteiger partial charge in [-0.15, -0.1) is 11.8 Å².